The molecule has 0 aromatic heterocycles. The van der Waals surface area contributed by atoms with Gasteiger partial charge in [0.25, 0.3) is 0 Å². The van der Waals surface area contributed by atoms with Gasteiger partial charge in [-0.2, -0.15) is 0 Å². The molecule has 3 rings (SSSR count). The quantitative estimate of drug-likeness (QED) is 0.686. The van der Waals surface area contributed by atoms with Crippen LogP contribution in [-0.4, -0.2) is 19.0 Å². The van der Waals surface area contributed by atoms with Crippen LogP contribution in [0.5, 0.6) is 11.5 Å². The Labute approximate surface area is 179 Å². The molecule has 0 spiro atoms. The Hall–Kier alpha value is -2.85. The zero-order valence-electron chi connectivity index (χ0n) is 19.1. The van der Waals surface area contributed by atoms with Crippen molar-refractivity contribution in [1.29, 1.82) is 0 Å². The molecule has 3 N–H and O–H groups in total. The van der Waals surface area contributed by atoms with Gasteiger partial charge < -0.3 is 15.2 Å². The van der Waals surface area contributed by atoms with Gasteiger partial charge in [-0.15, -0.1) is 0 Å². The number of Topliss-reactive ketones (excluding diaryl/α,β-unsaturated/α-hetero) is 1. The summed E-state index contributed by atoms with van der Waals surface area (Å²) < 4.78 is 11.7. The van der Waals surface area contributed by atoms with E-state index in [0.717, 1.165) is 39.1 Å². The molecule has 0 amide bonds. The second-order valence-electron chi connectivity index (χ2n) is 8.53. The first-order valence-electron chi connectivity index (χ1n) is 10.4. The molecular weight excluding hydrogens is 374 g/mol. The molecule has 0 heterocycles. The Balaban J connectivity index is 2.15. The van der Waals surface area contributed by atoms with Crippen molar-refractivity contribution in [3.05, 3.63) is 63.2 Å². The second kappa shape index (κ2) is 8.49. The van der Waals surface area contributed by atoms with Crippen LogP contribution in [0.1, 0.15) is 60.3 Å². The Morgan fingerprint density at radius 1 is 1.00 bits per heavy atom. The Morgan fingerprint density at radius 3 is 2.33 bits per heavy atom. The summed E-state index contributed by atoms with van der Waals surface area (Å²) in [6.07, 6.45) is 4.03. The zero-order chi connectivity index (χ0) is 22.2. The number of benzene rings is 2. The molecular formula is C26H32NO3+. The van der Waals surface area contributed by atoms with Crippen molar-refractivity contribution in [3.8, 4) is 11.5 Å². The summed E-state index contributed by atoms with van der Waals surface area (Å²) in [6, 6.07) is 7.91. The summed E-state index contributed by atoms with van der Waals surface area (Å²) in [5.41, 5.74) is 11.2. The molecule has 0 fully saturated rings. The van der Waals surface area contributed by atoms with Crippen LogP contribution in [0.25, 0.3) is 12.2 Å². The molecule has 0 radical (unpaired) electrons. The van der Waals surface area contributed by atoms with Crippen molar-refractivity contribution in [3.63, 3.8) is 0 Å². The van der Waals surface area contributed by atoms with Crippen LogP contribution in [0.4, 0.5) is 5.69 Å². The number of allylic oxidation sites excluding steroid dienone is 2. The van der Waals surface area contributed by atoms with Crippen molar-refractivity contribution in [1.82, 2.24) is 0 Å². The van der Waals surface area contributed by atoms with E-state index >= 15 is 0 Å². The molecule has 0 aliphatic heterocycles. The first kappa shape index (κ1) is 21.8. The van der Waals surface area contributed by atoms with E-state index in [1.54, 1.807) is 7.11 Å². The molecule has 2 aromatic rings. The lowest BCUT2D eigenvalue weighted by atomic mass is 9.83. The third-order valence-electron chi connectivity index (χ3n) is 5.74. The first-order valence-corrected chi connectivity index (χ1v) is 10.4. The van der Waals surface area contributed by atoms with Crippen LogP contribution in [-0.2, 0) is 0 Å². The maximum atomic E-state index is 13.4. The number of hydrogen-bond acceptors (Lipinski definition) is 3. The van der Waals surface area contributed by atoms with E-state index in [0.29, 0.717) is 23.0 Å². The standard InChI is InChI=1S/C26H31NO3/c1-14(2)18(6)30-23-13-22(27)24(29-7)12-19(23)11-21-16(4)10-20-9-15(3)8-17(5)25(20)26(21)28/h8-14,18H,27H2,1-7H3/p+1. The average Bonchev–Trinajstić information content (AvgIpc) is 2.65. The molecule has 4 nitrogen and oxygen atoms in total. The van der Waals surface area contributed by atoms with E-state index in [1.807, 2.05) is 39.0 Å². The van der Waals surface area contributed by atoms with Gasteiger partial charge in [-0.05, 0) is 62.5 Å². The van der Waals surface area contributed by atoms with Crippen molar-refractivity contribution in [2.75, 3.05) is 7.11 Å². The van der Waals surface area contributed by atoms with E-state index < -0.39 is 0 Å². The monoisotopic (exact) mass is 406 g/mol. The van der Waals surface area contributed by atoms with Gasteiger partial charge in [0.15, 0.2) is 17.2 Å². The summed E-state index contributed by atoms with van der Waals surface area (Å²) in [4.78, 5) is 13.4. The van der Waals surface area contributed by atoms with Crippen LogP contribution >= 0.6 is 0 Å². The van der Waals surface area contributed by atoms with Gasteiger partial charge >= 0.3 is 0 Å². The van der Waals surface area contributed by atoms with E-state index in [9.17, 15) is 4.79 Å². The van der Waals surface area contributed by atoms with Crippen LogP contribution in [0, 0.1) is 19.8 Å². The Morgan fingerprint density at radius 2 is 1.70 bits per heavy atom. The van der Waals surface area contributed by atoms with Crippen molar-refractivity contribution in [2.24, 2.45) is 5.92 Å². The summed E-state index contributed by atoms with van der Waals surface area (Å²) in [7, 11) is 1.62. The van der Waals surface area contributed by atoms with Gasteiger partial charge in [0.05, 0.1) is 13.2 Å². The van der Waals surface area contributed by atoms with Gasteiger partial charge in [0.1, 0.15) is 5.75 Å². The molecule has 0 saturated carbocycles. The minimum atomic E-state index is 0.0274. The summed E-state index contributed by atoms with van der Waals surface area (Å²) >= 11 is 0. The maximum absolute atomic E-state index is 13.4. The third-order valence-corrected chi connectivity index (χ3v) is 5.74. The smallest absolute Gasteiger partial charge is 0.194 e. The SMILES string of the molecule is COc1cc(C=C2C(=O)c3c(C)cc(C)cc3C=C2C)c(OC(C)C(C)C)cc1[NH3+]. The van der Waals surface area contributed by atoms with Gasteiger partial charge in [-0.25, -0.2) is 0 Å². The molecule has 2 aromatic carbocycles. The molecule has 0 saturated heterocycles. The number of fused-ring (bicyclic) bond motifs is 1. The minimum absolute atomic E-state index is 0.0274. The zero-order valence-corrected chi connectivity index (χ0v) is 19.1. The van der Waals surface area contributed by atoms with E-state index in [2.05, 4.69) is 44.7 Å². The highest BCUT2D eigenvalue weighted by Gasteiger charge is 2.25. The molecule has 4 heteroatoms. The van der Waals surface area contributed by atoms with Crippen LogP contribution in [0.3, 0.4) is 0 Å². The molecule has 30 heavy (non-hydrogen) atoms. The molecule has 158 valence electrons. The van der Waals surface area contributed by atoms with Gasteiger partial charge in [0, 0.05) is 22.8 Å². The summed E-state index contributed by atoms with van der Waals surface area (Å²) in [6.45, 7) is 12.3. The Bertz CT molecular complexity index is 1060. The molecule has 1 aliphatic carbocycles. The molecule has 1 aliphatic rings. The molecule has 1 atom stereocenters. The Kier molecular flexibility index (Phi) is 6.18. The van der Waals surface area contributed by atoms with E-state index in [-0.39, 0.29) is 11.9 Å². The highest BCUT2D eigenvalue weighted by molar-refractivity contribution is 6.19. The van der Waals surface area contributed by atoms with Crippen LogP contribution in [0.2, 0.25) is 0 Å². The second-order valence-corrected chi connectivity index (χ2v) is 8.53. The van der Waals surface area contributed by atoms with E-state index in [4.69, 9.17) is 9.47 Å². The van der Waals surface area contributed by atoms with E-state index in [1.165, 1.54) is 0 Å². The van der Waals surface area contributed by atoms with Gasteiger partial charge in [0.2, 0.25) is 0 Å². The highest BCUT2D eigenvalue weighted by Crippen LogP contribution is 2.36. The predicted molar refractivity (Wildman–Crippen MR) is 122 cm³/mol. The number of ketones is 1. The number of carbonyl (C=O) groups excluding carboxylic acids is 1. The summed E-state index contributed by atoms with van der Waals surface area (Å²) in [5, 5.41) is 0. The third kappa shape index (κ3) is 4.19. The van der Waals surface area contributed by atoms with Crippen LogP contribution < -0.4 is 15.2 Å². The number of quaternary nitrogens is 1. The van der Waals surface area contributed by atoms with Gasteiger partial charge in [-0.1, -0.05) is 37.6 Å². The fraction of sp³-hybridized carbons (Fsp3) is 0.346. The lowest BCUT2D eigenvalue weighted by Gasteiger charge is -2.22. The van der Waals surface area contributed by atoms with Crippen molar-refractivity contribution < 1.29 is 20.0 Å². The van der Waals surface area contributed by atoms with Gasteiger partial charge in [-0.3, -0.25) is 4.79 Å². The number of methoxy groups -OCH3 is 1. The number of aryl methyl sites for hydroxylation is 2. The fourth-order valence-electron chi connectivity index (χ4n) is 3.74. The average molecular weight is 407 g/mol. The number of rotatable bonds is 5. The molecule has 0 bridgehead atoms. The highest BCUT2D eigenvalue weighted by atomic mass is 16.5. The first-order chi connectivity index (χ1) is 14.1. The maximum Gasteiger partial charge on any atom is 0.194 e. The lowest BCUT2D eigenvalue weighted by molar-refractivity contribution is -0.256. The predicted octanol–water partition coefficient (Wildman–Crippen LogP) is 5.29. The summed E-state index contributed by atoms with van der Waals surface area (Å²) in [5.74, 6) is 1.78. The topological polar surface area (TPSA) is 63.2 Å². The number of hydrogen-bond donors (Lipinski definition) is 1. The number of ether oxygens (including phenoxy) is 2. The lowest BCUT2D eigenvalue weighted by Crippen LogP contribution is -2.40. The largest absolute Gasteiger partial charge is 0.491 e. The van der Waals surface area contributed by atoms with Crippen LogP contribution in [0.15, 0.2) is 35.4 Å². The normalized spacial score (nSPS) is 15.8. The number of carbonyl (C=O) groups is 1. The minimum Gasteiger partial charge on any atom is -0.491 e. The fourth-order valence-corrected chi connectivity index (χ4v) is 3.74. The van der Waals surface area contributed by atoms with Crippen molar-refractivity contribution >= 4 is 23.6 Å². The van der Waals surface area contributed by atoms with Crippen molar-refractivity contribution in [2.45, 2.75) is 47.6 Å². The molecule has 1 unspecified atom stereocenters.